The van der Waals surface area contributed by atoms with Crippen molar-refractivity contribution in [2.75, 3.05) is 13.7 Å². The van der Waals surface area contributed by atoms with Gasteiger partial charge in [-0.3, -0.25) is 4.79 Å². The molecule has 1 unspecified atom stereocenters. The lowest BCUT2D eigenvalue weighted by Crippen LogP contribution is -2.44. The number of phenols is 1. The first-order chi connectivity index (χ1) is 11.3. The molecule has 0 saturated heterocycles. The number of ether oxygens (including phenoxy) is 1. The summed E-state index contributed by atoms with van der Waals surface area (Å²) in [6.45, 7) is 11.1. The number of aliphatic hydroxyl groups is 1. The standard InChI is InChI=1S/C19H29NO5/c1-18(2,3)12-8-11(9-13(15(12)22)19(4,5)6)16(23)20-14(10-21)17(24)25-7/h8-9,14,21-22H,10H2,1-7H3,(H,20,23). The fourth-order valence-corrected chi connectivity index (χ4v) is 2.47. The number of benzene rings is 1. The van der Waals surface area contributed by atoms with Crippen molar-refractivity contribution < 1.29 is 24.5 Å². The number of methoxy groups -OCH3 is 1. The van der Waals surface area contributed by atoms with Gasteiger partial charge in [-0.05, 0) is 23.0 Å². The zero-order valence-corrected chi connectivity index (χ0v) is 16.1. The van der Waals surface area contributed by atoms with Crippen LogP contribution in [0.3, 0.4) is 0 Å². The number of aromatic hydroxyl groups is 1. The van der Waals surface area contributed by atoms with E-state index in [-0.39, 0.29) is 16.6 Å². The lowest BCUT2D eigenvalue weighted by molar-refractivity contribution is -0.143. The summed E-state index contributed by atoms with van der Waals surface area (Å²) in [5.41, 5.74) is 0.848. The Balaban J connectivity index is 3.40. The maximum Gasteiger partial charge on any atom is 0.330 e. The number of rotatable bonds is 4. The number of hydrogen-bond acceptors (Lipinski definition) is 5. The van der Waals surface area contributed by atoms with Crippen LogP contribution in [-0.2, 0) is 20.4 Å². The first kappa shape index (κ1) is 21.0. The average molecular weight is 351 g/mol. The maximum atomic E-state index is 12.6. The monoisotopic (exact) mass is 351 g/mol. The summed E-state index contributed by atoms with van der Waals surface area (Å²) in [4.78, 5) is 24.2. The third-order valence-electron chi connectivity index (χ3n) is 3.96. The first-order valence-electron chi connectivity index (χ1n) is 8.20. The second kappa shape index (κ2) is 7.44. The van der Waals surface area contributed by atoms with Gasteiger partial charge in [-0.15, -0.1) is 0 Å². The van der Waals surface area contributed by atoms with E-state index in [0.29, 0.717) is 16.7 Å². The van der Waals surface area contributed by atoms with Gasteiger partial charge in [-0.2, -0.15) is 0 Å². The van der Waals surface area contributed by atoms with Crippen LogP contribution in [0, 0.1) is 0 Å². The molecule has 25 heavy (non-hydrogen) atoms. The molecule has 140 valence electrons. The van der Waals surface area contributed by atoms with Crippen LogP contribution < -0.4 is 5.32 Å². The molecule has 6 heteroatoms. The van der Waals surface area contributed by atoms with Gasteiger partial charge in [0.05, 0.1) is 13.7 Å². The molecule has 0 aromatic heterocycles. The Labute approximate surface area is 149 Å². The minimum atomic E-state index is -1.14. The molecule has 0 heterocycles. The van der Waals surface area contributed by atoms with E-state index in [0.717, 1.165) is 0 Å². The SMILES string of the molecule is COC(=O)C(CO)NC(=O)c1cc(C(C)(C)C)c(O)c(C(C)(C)C)c1. The lowest BCUT2D eigenvalue weighted by Gasteiger charge is -2.28. The molecule has 0 radical (unpaired) electrons. The lowest BCUT2D eigenvalue weighted by atomic mass is 9.78. The van der Waals surface area contributed by atoms with E-state index < -0.39 is 24.5 Å². The highest BCUT2D eigenvalue weighted by molar-refractivity contribution is 5.97. The summed E-state index contributed by atoms with van der Waals surface area (Å²) in [7, 11) is 1.19. The van der Waals surface area contributed by atoms with Crippen molar-refractivity contribution in [1.82, 2.24) is 5.32 Å². The molecule has 0 bridgehead atoms. The summed E-state index contributed by atoms with van der Waals surface area (Å²) in [5.74, 6) is -1.06. The molecule has 0 fully saturated rings. The summed E-state index contributed by atoms with van der Waals surface area (Å²) in [6, 6.07) is 2.10. The Morgan fingerprint density at radius 1 is 1.08 bits per heavy atom. The van der Waals surface area contributed by atoms with Crippen molar-refractivity contribution in [2.45, 2.75) is 58.4 Å². The molecule has 0 aliphatic rings. The van der Waals surface area contributed by atoms with Gasteiger partial charge in [0.15, 0.2) is 6.04 Å². The molecule has 0 aliphatic carbocycles. The Morgan fingerprint density at radius 3 is 1.84 bits per heavy atom. The van der Waals surface area contributed by atoms with Crippen LogP contribution in [0.2, 0.25) is 0 Å². The van der Waals surface area contributed by atoms with E-state index in [2.05, 4.69) is 10.1 Å². The molecule has 3 N–H and O–H groups in total. The highest BCUT2D eigenvalue weighted by atomic mass is 16.5. The average Bonchev–Trinajstić information content (AvgIpc) is 2.49. The predicted molar refractivity (Wildman–Crippen MR) is 95.9 cm³/mol. The summed E-state index contributed by atoms with van der Waals surface area (Å²) in [6.07, 6.45) is 0. The topological polar surface area (TPSA) is 95.9 Å². The third-order valence-corrected chi connectivity index (χ3v) is 3.96. The van der Waals surface area contributed by atoms with Crippen LogP contribution in [0.15, 0.2) is 12.1 Å². The van der Waals surface area contributed by atoms with Crippen molar-refractivity contribution in [3.63, 3.8) is 0 Å². The zero-order valence-electron chi connectivity index (χ0n) is 16.1. The molecule has 0 aliphatic heterocycles. The second-order valence-corrected chi connectivity index (χ2v) is 8.15. The molecule has 0 spiro atoms. The van der Waals surface area contributed by atoms with Crippen molar-refractivity contribution in [3.8, 4) is 5.75 Å². The van der Waals surface area contributed by atoms with E-state index in [4.69, 9.17) is 0 Å². The van der Waals surface area contributed by atoms with Gasteiger partial charge in [0.2, 0.25) is 0 Å². The van der Waals surface area contributed by atoms with Crippen molar-refractivity contribution >= 4 is 11.9 Å². The number of carbonyl (C=O) groups is 2. The first-order valence-corrected chi connectivity index (χ1v) is 8.20. The quantitative estimate of drug-likeness (QED) is 0.723. The van der Waals surface area contributed by atoms with Crippen LogP contribution >= 0.6 is 0 Å². The largest absolute Gasteiger partial charge is 0.507 e. The second-order valence-electron chi connectivity index (χ2n) is 8.15. The van der Waals surface area contributed by atoms with Gasteiger partial charge in [0, 0.05) is 16.7 Å². The number of aliphatic hydroxyl groups excluding tert-OH is 1. The van der Waals surface area contributed by atoms with Gasteiger partial charge in [0.1, 0.15) is 5.75 Å². The summed E-state index contributed by atoms with van der Waals surface area (Å²) >= 11 is 0. The van der Waals surface area contributed by atoms with Gasteiger partial charge in [-0.25, -0.2) is 4.79 Å². The van der Waals surface area contributed by atoms with Crippen LogP contribution in [0.4, 0.5) is 0 Å². The third kappa shape index (κ3) is 4.95. The molecular weight excluding hydrogens is 322 g/mol. The van der Waals surface area contributed by atoms with Crippen LogP contribution in [0.25, 0.3) is 0 Å². The van der Waals surface area contributed by atoms with Crippen LogP contribution in [0.1, 0.15) is 63.0 Å². The van der Waals surface area contributed by atoms with Crippen molar-refractivity contribution in [2.24, 2.45) is 0 Å². The van der Waals surface area contributed by atoms with Gasteiger partial charge in [-0.1, -0.05) is 41.5 Å². The minimum Gasteiger partial charge on any atom is -0.507 e. The number of phenolic OH excluding ortho intramolecular Hbond substituents is 1. The maximum absolute atomic E-state index is 12.6. The number of esters is 1. The fourth-order valence-electron chi connectivity index (χ4n) is 2.47. The molecule has 1 amide bonds. The number of carbonyl (C=O) groups excluding carboxylic acids is 2. The highest BCUT2D eigenvalue weighted by Crippen LogP contribution is 2.39. The Morgan fingerprint density at radius 2 is 1.52 bits per heavy atom. The number of amides is 1. The van der Waals surface area contributed by atoms with E-state index >= 15 is 0 Å². The smallest absolute Gasteiger partial charge is 0.330 e. The molecule has 1 aromatic carbocycles. The van der Waals surface area contributed by atoms with E-state index in [1.54, 1.807) is 12.1 Å². The van der Waals surface area contributed by atoms with Gasteiger partial charge < -0.3 is 20.3 Å². The highest BCUT2D eigenvalue weighted by Gasteiger charge is 2.29. The Hall–Kier alpha value is -2.08. The van der Waals surface area contributed by atoms with Crippen LogP contribution in [0.5, 0.6) is 5.75 Å². The van der Waals surface area contributed by atoms with E-state index in [1.165, 1.54) is 7.11 Å². The molecule has 6 nitrogen and oxygen atoms in total. The molecule has 1 aromatic rings. The molecule has 0 saturated carbocycles. The van der Waals surface area contributed by atoms with Gasteiger partial charge in [0.25, 0.3) is 5.91 Å². The summed E-state index contributed by atoms with van der Waals surface area (Å²) in [5, 5.41) is 22.4. The normalized spacial score (nSPS) is 13.3. The van der Waals surface area contributed by atoms with E-state index in [9.17, 15) is 19.8 Å². The fraction of sp³-hybridized carbons (Fsp3) is 0.579. The minimum absolute atomic E-state index is 0.170. The Bertz CT molecular complexity index is 618. The van der Waals surface area contributed by atoms with Crippen molar-refractivity contribution in [3.05, 3.63) is 28.8 Å². The van der Waals surface area contributed by atoms with Gasteiger partial charge >= 0.3 is 5.97 Å². The zero-order chi connectivity index (χ0) is 19.6. The number of nitrogens with one attached hydrogen (secondary N) is 1. The Kier molecular flexibility index (Phi) is 6.23. The van der Waals surface area contributed by atoms with E-state index in [1.807, 2.05) is 41.5 Å². The molecule has 1 rings (SSSR count). The summed E-state index contributed by atoms with van der Waals surface area (Å²) < 4.78 is 4.56. The molecule has 1 atom stereocenters. The predicted octanol–water partition coefficient (Wildman–Crippen LogP) is 2.25. The van der Waals surface area contributed by atoms with Crippen LogP contribution in [-0.4, -0.2) is 41.8 Å². The number of hydrogen-bond donors (Lipinski definition) is 3. The molecular formula is C19H29NO5. The van der Waals surface area contributed by atoms with Crippen molar-refractivity contribution in [1.29, 1.82) is 0 Å².